The number of nitrogens with zero attached hydrogens (tertiary/aromatic N) is 4. The summed E-state index contributed by atoms with van der Waals surface area (Å²) >= 11 is 0. The number of anilines is 1. The summed E-state index contributed by atoms with van der Waals surface area (Å²) in [5, 5.41) is 10.8. The van der Waals surface area contributed by atoms with Gasteiger partial charge in [-0.05, 0) is 25.8 Å². The highest BCUT2D eigenvalue weighted by Gasteiger charge is 2.20. The van der Waals surface area contributed by atoms with Crippen molar-refractivity contribution in [1.29, 1.82) is 0 Å². The number of aromatic nitrogens is 1. The van der Waals surface area contributed by atoms with Crippen molar-refractivity contribution in [3.8, 4) is 0 Å². The van der Waals surface area contributed by atoms with E-state index in [1.807, 2.05) is 6.92 Å². The normalized spacial score (nSPS) is 16.0. The van der Waals surface area contributed by atoms with Crippen LogP contribution in [0.5, 0.6) is 0 Å². The monoisotopic (exact) mass is 322 g/mol. The van der Waals surface area contributed by atoms with Crippen LogP contribution in [0.1, 0.15) is 18.9 Å². The Morgan fingerprint density at radius 2 is 2.17 bits per heavy atom. The third-order valence-corrected chi connectivity index (χ3v) is 3.79. The summed E-state index contributed by atoms with van der Waals surface area (Å²) in [4.78, 5) is 30.4. The number of nitro groups is 1. The largest absolute Gasteiger partial charge is 0.465 e. The second-order valence-electron chi connectivity index (χ2n) is 5.51. The van der Waals surface area contributed by atoms with Crippen LogP contribution in [0.3, 0.4) is 0 Å². The SMILES string of the molecule is CCOC(=O)CN1CCCN(c2ncc([N+](=O)[O-])cc2C)CC1. The lowest BCUT2D eigenvalue weighted by atomic mass is 10.2. The highest BCUT2D eigenvalue weighted by atomic mass is 16.6. The van der Waals surface area contributed by atoms with Gasteiger partial charge < -0.3 is 9.64 Å². The van der Waals surface area contributed by atoms with Crippen molar-refractivity contribution in [3.05, 3.63) is 27.9 Å². The van der Waals surface area contributed by atoms with Crippen molar-refractivity contribution in [2.45, 2.75) is 20.3 Å². The zero-order valence-corrected chi connectivity index (χ0v) is 13.5. The summed E-state index contributed by atoms with van der Waals surface area (Å²) in [6.07, 6.45) is 2.20. The first-order valence-electron chi connectivity index (χ1n) is 7.75. The average molecular weight is 322 g/mol. The Morgan fingerprint density at radius 3 is 2.83 bits per heavy atom. The van der Waals surface area contributed by atoms with E-state index in [1.54, 1.807) is 13.0 Å². The van der Waals surface area contributed by atoms with Gasteiger partial charge >= 0.3 is 5.97 Å². The fraction of sp³-hybridized carbons (Fsp3) is 0.600. The van der Waals surface area contributed by atoms with E-state index in [1.165, 1.54) is 6.20 Å². The van der Waals surface area contributed by atoms with Crippen molar-refractivity contribution < 1.29 is 14.5 Å². The van der Waals surface area contributed by atoms with Gasteiger partial charge in [0.05, 0.1) is 18.1 Å². The van der Waals surface area contributed by atoms with Crippen LogP contribution in [0.4, 0.5) is 11.5 Å². The lowest BCUT2D eigenvalue weighted by Gasteiger charge is -2.23. The number of hydrogen-bond acceptors (Lipinski definition) is 7. The third kappa shape index (κ3) is 4.62. The van der Waals surface area contributed by atoms with E-state index in [0.717, 1.165) is 44.0 Å². The molecular weight excluding hydrogens is 300 g/mol. The van der Waals surface area contributed by atoms with Crippen molar-refractivity contribution in [3.63, 3.8) is 0 Å². The number of carbonyl (C=O) groups excluding carboxylic acids is 1. The van der Waals surface area contributed by atoms with Crippen LogP contribution in [0, 0.1) is 17.0 Å². The predicted molar refractivity (Wildman–Crippen MR) is 85.5 cm³/mol. The molecule has 0 amide bonds. The molecule has 1 aromatic heterocycles. The molecular formula is C15H22N4O4. The molecule has 1 saturated heterocycles. The summed E-state index contributed by atoms with van der Waals surface area (Å²) in [6, 6.07) is 1.55. The fourth-order valence-electron chi connectivity index (χ4n) is 2.71. The molecule has 0 aromatic carbocycles. The van der Waals surface area contributed by atoms with Crippen LogP contribution in [-0.4, -0.2) is 60.1 Å². The zero-order valence-electron chi connectivity index (χ0n) is 13.5. The standard InChI is InChI=1S/C15H22N4O4/c1-3-23-14(20)11-17-5-4-6-18(8-7-17)15-12(2)9-13(10-16-15)19(21)22/h9-10H,3-8,11H2,1-2H3. The second kappa shape index (κ2) is 7.87. The van der Waals surface area contributed by atoms with E-state index in [2.05, 4.69) is 14.8 Å². The predicted octanol–water partition coefficient (Wildman–Crippen LogP) is 1.37. The van der Waals surface area contributed by atoms with E-state index in [4.69, 9.17) is 4.74 Å². The molecule has 0 aliphatic carbocycles. The molecule has 1 aliphatic heterocycles. The topological polar surface area (TPSA) is 88.8 Å². The van der Waals surface area contributed by atoms with Gasteiger partial charge in [0.25, 0.3) is 5.69 Å². The van der Waals surface area contributed by atoms with Gasteiger partial charge in [0.15, 0.2) is 0 Å². The average Bonchev–Trinajstić information content (AvgIpc) is 2.73. The van der Waals surface area contributed by atoms with Gasteiger partial charge in [-0.15, -0.1) is 0 Å². The van der Waals surface area contributed by atoms with Crippen LogP contribution in [0.25, 0.3) is 0 Å². The summed E-state index contributed by atoms with van der Waals surface area (Å²) in [5.74, 6) is 0.569. The first kappa shape index (κ1) is 17.1. The molecule has 0 spiro atoms. The molecule has 0 bridgehead atoms. The van der Waals surface area contributed by atoms with E-state index >= 15 is 0 Å². The molecule has 1 fully saturated rings. The highest BCUT2D eigenvalue weighted by Crippen LogP contribution is 2.22. The number of carbonyl (C=O) groups is 1. The Bertz CT molecular complexity index is 579. The van der Waals surface area contributed by atoms with E-state index in [-0.39, 0.29) is 11.7 Å². The molecule has 8 nitrogen and oxygen atoms in total. The van der Waals surface area contributed by atoms with Crippen molar-refractivity contribution in [1.82, 2.24) is 9.88 Å². The Balaban J connectivity index is 2.00. The van der Waals surface area contributed by atoms with Gasteiger partial charge in [-0.25, -0.2) is 4.98 Å². The summed E-state index contributed by atoms with van der Waals surface area (Å²) in [6.45, 7) is 7.41. The van der Waals surface area contributed by atoms with E-state index in [9.17, 15) is 14.9 Å². The van der Waals surface area contributed by atoms with Crippen LogP contribution < -0.4 is 4.90 Å². The van der Waals surface area contributed by atoms with Gasteiger partial charge in [-0.2, -0.15) is 0 Å². The Kier molecular flexibility index (Phi) is 5.86. The summed E-state index contributed by atoms with van der Waals surface area (Å²) in [7, 11) is 0. The number of pyridine rings is 1. The highest BCUT2D eigenvalue weighted by molar-refractivity contribution is 5.71. The fourth-order valence-corrected chi connectivity index (χ4v) is 2.71. The molecule has 0 atom stereocenters. The number of esters is 1. The van der Waals surface area contributed by atoms with Crippen molar-refractivity contribution >= 4 is 17.5 Å². The zero-order chi connectivity index (χ0) is 16.8. The Hall–Kier alpha value is -2.22. The maximum Gasteiger partial charge on any atom is 0.320 e. The van der Waals surface area contributed by atoms with Crippen molar-refractivity contribution in [2.75, 3.05) is 44.2 Å². The van der Waals surface area contributed by atoms with Crippen LogP contribution in [0.2, 0.25) is 0 Å². The van der Waals surface area contributed by atoms with Crippen LogP contribution >= 0.6 is 0 Å². The quantitative estimate of drug-likeness (QED) is 0.459. The molecule has 2 rings (SSSR count). The van der Waals surface area contributed by atoms with Crippen LogP contribution in [-0.2, 0) is 9.53 Å². The number of rotatable bonds is 5. The molecule has 2 heterocycles. The molecule has 0 radical (unpaired) electrons. The molecule has 0 unspecified atom stereocenters. The van der Waals surface area contributed by atoms with Gasteiger partial charge in [-0.1, -0.05) is 0 Å². The first-order chi connectivity index (χ1) is 11.0. The lowest BCUT2D eigenvalue weighted by molar-refractivity contribution is -0.385. The van der Waals surface area contributed by atoms with Crippen molar-refractivity contribution in [2.24, 2.45) is 0 Å². The minimum absolute atomic E-state index is 0.00464. The van der Waals surface area contributed by atoms with Crippen LogP contribution in [0.15, 0.2) is 12.3 Å². The molecule has 23 heavy (non-hydrogen) atoms. The minimum atomic E-state index is -0.437. The first-order valence-corrected chi connectivity index (χ1v) is 7.75. The summed E-state index contributed by atoms with van der Waals surface area (Å²) in [5.41, 5.74) is 0.794. The lowest BCUT2D eigenvalue weighted by Crippen LogP contribution is -2.35. The molecule has 0 N–H and O–H groups in total. The number of ether oxygens (including phenoxy) is 1. The van der Waals surface area contributed by atoms with Gasteiger partial charge in [-0.3, -0.25) is 19.8 Å². The third-order valence-electron chi connectivity index (χ3n) is 3.79. The Labute approximate surface area is 135 Å². The van der Waals surface area contributed by atoms with Gasteiger partial charge in [0.1, 0.15) is 12.0 Å². The molecule has 8 heteroatoms. The second-order valence-corrected chi connectivity index (χ2v) is 5.51. The molecule has 0 saturated carbocycles. The smallest absolute Gasteiger partial charge is 0.320 e. The molecule has 126 valence electrons. The number of aryl methyl sites for hydroxylation is 1. The molecule has 1 aliphatic rings. The van der Waals surface area contributed by atoms with Gasteiger partial charge in [0, 0.05) is 32.2 Å². The van der Waals surface area contributed by atoms with E-state index < -0.39 is 4.92 Å². The number of hydrogen-bond donors (Lipinski definition) is 0. The minimum Gasteiger partial charge on any atom is -0.465 e. The van der Waals surface area contributed by atoms with E-state index in [0.29, 0.717) is 13.2 Å². The summed E-state index contributed by atoms with van der Waals surface area (Å²) < 4.78 is 4.98. The van der Waals surface area contributed by atoms with Gasteiger partial charge in [0.2, 0.25) is 0 Å². The Morgan fingerprint density at radius 1 is 1.39 bits per heavy atom. The maximum atomic E-state index is 11.6. The maximum absolute atomic E-state index is 11.6. The molecule has 1 aromatic rings.